The van der Waals surface area contributed by atoms with E-state index in [9.17, 15) is 4.79 Å². The van der Waals surface area contributed by atoms with Crippen LogP contribution < -0.4 is 11.2 Å². The number of halogens is 1. The molecule has 1 saturated heterocycles. The van der Waals surface area contributed by atoms with E-state index >= 15 is 0 Å². The molecule has 2 aliphatic heterocycles. The standard InChI is InChI=1S/C15H14ClN3O2/c16-12-3-1-2-11(8-12)4-5-13-9-15(21-18-13)6-7-19(10-15)14(17)20/h1-3,8-9,18H,6-7,10H2,(H2,17,20). The highest BCUT2D eigenvalue weighted by molar-refractivity contribution is 6.30. The second-order valence-corrected chi connectivity index (χ2v) is 5.53. The van der Waals surface area contributed by atoms with Gasteiger partial charge in [0.1, 0.15) is 11.3 Å². The zero-order valence-electron chi connectivity index (χ0n) is 11.2. The molecule has 6 heteroatoms. The Bertz CT molecular complexity index is 677. The van der Waals surface area contributed by atoms with Gasteiger partial charge in [-0.15, -0.1) is 0 Å². The Hall–Kier alpha value is -2.16. The van der Waals surface area contributed by atoms with Gasteiger partial charge in [-0.2, -0.15) is 0 Å². The summed E-state index contributed by atoms with van der Waals surface area (Å²) in [5.74, 6) is 6.02. The number of benzene rings is 1. The third kappa shape index (κ3) is 2.97. The molecule has 1 fully saturated rings. The maximum Gasteiger partial charge on any atom is 0.314 e. The molecule has 0 bridgehead atoms. The molecule has 2 amide bonds. The molecular formula is C15H14ClN3O2. The third-order valence-electron chi connectivity index (χ3n) is 3.51. The Morgan fingerprint density at radius 3 is 3.05 bits per heavy atom. The first-order chi connectivity index (χ1) is 10.1. The minimum atomic E-state index is -0.520. The van der Waals surface area contributed by atoms with E-state index in [4.69, 9.17) is 22.2 Å². The van der Waals surface area contributed by atoms with Crippen LogP contribution in [0.15, 0.2) is 36.0 Å². The number of amides is 2. The van der Waals surface area contributed by atoms with Crippen molar-refractivity contribution in [2.75, 3.05) is 13.1 Å². The fourth-order valence-corrected chi connectivity index (χ4v) is 2.63. The number of hydrogen-bond donors (Lipinski definition) is 2. The minimum Gasteiger partial charge on any atom is -0.351 e. The average molecular weight is 304 g/mol. The summed E-state index contributed by atoms with van der Waals surface area (Å²) in [5, 5.41) is 0.649. The number of nitrogens with one attached hydrogen (secondary N) is 1. The lowest BCUT2D eigenvalue weighted by atomic mass is 10.0. The summed E-state index contributed by atoms with van der Waals surface area (Å²) >= 11 is 5.91. The van der Waals surface area contributed by atoms with Crippen LogP contribution in [0.5, 0.6) is 0 Å². The molecule has 3 N–H and O–H groups in total. The van der Waals surface area contributed by atoms with Crippen LogP contribution in [-0.2, 0) is 4.84 Å². The van der Waals surface area contributed by atoms with Gasteiger partial charge in [0.25, 0.3) is 0 Å². The molecule has 3 rings (SSSR count). The van der Waals surface area contributed by atoms with E-state index in [-0.39, 0.29) is 0 Å². The predicted molar refractivity (Wildman–Crippen MR) is 79.1 cm³/mol. The number of hydroxylamine groups is 1. The zero-order valence-corrected chi connectivity index (χ0v) is 12.0. The highest BCUT2D eigenvalue weighted by Gasteiger charge is 2.42. The fourth-order valence-electron chi connectivity index (χ4n) is 2.44. The van der Waals surface area contributed by atoms with Crippen LogP contribution in [0, 0.1) is 11.8 Å². The quantitative estimate of drug-likeness (QED) is 0.716. The largest absolute Gasteiger partial charge is 0.351 e. The molecule has 1 unspecified atom stereocenters. The summed E-state index contributed by atoms with van der Waals surface area (Å²) in [6.45, 7) is 1.03. The lowest BCUT2D eigenvalue weighted by Crippen LogP contribution is -2.38. The van der Waals surface area contributed by atoms with E-state index < -0.39 is 11.6 Å². The smallest absolute Gasteiger partial charge is 0.314 e. The fraction of sp³-hybridized carbons (Fsp3) is 0.267. The molecule has 1 spiro atoms. The molecule has 1 aromatic carbocycles. The van der Waals surface area contributed by atoms with Gasteiger partial charge in [0.15, 0.2) is 0 Å². The van der Waals surface area contributed by atoms with Crippen LogP contribution in [0.4, 0.5) is 4.79 Å². The minimum absolute atomic E-state index is 0.428. The Balaban J connectivity index is 1.74. The Kier molecular flexibility index (Phi) is 3.50. The van der Waals surface area contributed by atoms with Gasteiger partial charge in [0.2, 0.25) is 0 Å². The van der Waals surface area contributed by atoms with E-state index in [1.54, 1.807) is 17.0 Å². The summed E-state index contributed by atoms with van der Waals surface area (Å²) in [4.78, 5) is 18.3. The van der Waals surface area contributed by atoms with Crippen LogP contribution in [0.2, 0.25) is 5.02 Å². The lowest BCUT2D eigenvalue weighted by Gasteiger charge is -2.19. The molecule has 2 heterocycles. The molecule has 108 valence electrons. The maximum atomic E-state index is 11.2. The summed E-state index contributed by atoms with van der Waals surface area (Å²) in [6, 6.07) is 6.90. The summed E-state index contributed by atoms with van der Waals surface area (Å²) in [7, 11) is 0. The van der Waals surface area contributed by atoms with Gasteiger partial charge in [-0.1, -0.05) is 23.6 Å². The van der Waals surface area contributed by atoms with Crippen LogP contribution in [0.1, 0.15) is 12.0 Å². The highest BCUT2D eigenvalue weighted by atomic mass is 35.5. The van der Waals surface area contributed by atoms with E-state index in [1.165, 1.54) is 0 Å². The molecule has 5 nitrogen and oxygen atoms in total. The number of carbonyl (C=O) groups excluding carboxylic acids is 1. The number of likely N-dealkylation sites (tertiary alicyclic amines) is 1. The first-order valence-corrected chi connectivity index (χ1v) is 6.93. The summed E-state index contributed by atoms with van der Waals surface area (Å²) < 4.78 is 0. The van der Waals surface area contributed by atoms with E-state index in [0.717, 1.165) is 5.56 Å². The van der Waals surface area contributed by atoms with Crippen LogP contribution in [0.25, 0.3) is 0 Å². The molecule has 0 aliphatic carbocycles. The zero-order chi connectivity index (χ0) is 14.9. The van der Waals surface area contributed by atoms with Crippen LogP contribution in [-0.4, -0.2) is 29.6 Å². The number of carbonyl (C=O) groups is 1. The van der Waals surface area contributed by atoms with Crippen molar-refractivity contribution in [1.82, 2.24) is 10.4 Å². The van der Waals surface area contributed by atoms with Crippen molar-refractivity contribution in [2.24, 2.45) is 5.73 Å². The van der Waals surface area contributed by atoms with Gasteiger partial charge in [-0.05, 0) is 30.2 Å². The first-order valence-electron chi connectivity index (χ1n) is 6.55. The molecule has 2 aliphatic rings. The average Bonchev–Trinajstić information content (AvgIpc) is 3.05. The number of nitrogens with two attached hydrogens (primary N) is 1. The normalized spacial score (nSPS) is 23.5. The van der Waals surface area contributed by atoms with Gasteiger partial charge >= 0.3 is 6.03 Å². The van der Waals surface area contributed by atoms with Crippen molar-refractivity contribution in [2.45, 2.75) is 12.0 Å². The monoisotopic (exact) mass is 303 g/mol. The second-order valence-electron chi connectivity index (χ2n) is 5.10. The maximum absolute atomic E-state index is 11.2. The molecule has 0 radical (unpaired) electrons. The molecule has 21 heavy (non-hydrogen) atoms. The van der Waals surface area contributed by atoms with Gasteiger partial charge in [0.05, 0.1) is 6.54 Å². The molecule has 1 aromatic rings. The number of hydrogen-bond acceptors (Lipinski definition) is 3. The summed E-state index contributed by atoms with van der Waals surface area (Å²) in [6.07, 6.45) is 2.61. The Morgan fingerprint density at radius 2 is 2.33 bits per heavy atom. The number of urea groups is 1. The van der Waals surface area contributed by atoms with Gasteiger partial charge in [0, 0.05) is 23.6 Å². The van der Waals surface area contributed by atoms with Crippen molar-refractivity contribution in [3.63, 3.8) is 0 Å². The van der Waals surface area contributed by atoms with E-state index in [1.807, 2.05) is 18.2 Å². The van der Waals surface area contributed by atoms with Crippen molar-refractivity contribution in [1.29, 1.82) is 0 Å². The molecular weight excluding hydrogens is 290 g/mol. The number of primary amides is 1. The second kappa shape index (κ2) is 5.32. The first kappa shape index (κ1) is 13.8. The topological polar surface area (TPSA) is 67.6 Å². The Labute approximate surface area is 127 Å². The SMILES string of the molecule is NC(=O)N1CCC2(C=C(C#Cc3cccc(Cl)c3)NO2)C1. The van der Waals surface area contributed by atoms with Crippen molar-refractivity contribution in [3.8, 4) is 11.8 Å². The molecule has 0 aromatic heterocycles. The number of rotatable bonds is 0. The highest BCUT2D eigenvalue weighted by Crippen LogP contribution is 2.30. The van der Waals surface area contributed by atoms with Crippen LogP contribution >= 0.6 is 11.6 Å². The lowest BCUT2D eigenvalue weighted by molar-refractivity contribution is -0.0292. The molecule has 1 atom stereocenters. The van der Waals surface area contributed by atoms with Crippen LogP contribution in [0.3, 0.4) is 0 Å². The van der Waals surface area contributed by atoms with Crippen molar-refractivity contribution >= 4 is 17.6 Å². The molecule has 0 saturated carbocycles. The predicted octanol–water partition coefficient (Wildman–Crippen LogP) is 1.63. The van der Waals surface area contributed by atoms with Crippen molar-refractivity contribution in [3.05, 3.63) is 46.6 Å². The van der Waals surface area contributed by atoms with Gasteiger partial charge < -0.3 is 10.6 Å². The van der Waals surface area contributed by atoms with E-state index in [0.29, 0.717) is 30.2 Å². The number of allylic oxidation sites excluding steroid dienone is 1. The number of nitrogens with zero attached hydrogens (tertiary/aromatic N) is 1. The van der Waals surface area contributed by atoms with E-state index in [2.05, 4.69) is 17.3 Å². The Morgan fingerprint density at radius 1 is 1.48 bits per heavy atom. The third-order valence-corrected chi connectivity index (χ3v) is 3.75. The van der Waals surface area contributed by atoms with Gasteiger partial charge in [-0.25, -0.2) is 4.79 Å². The van der Waals surface area contributed by atoms with Crippen molar-refractivity contribution < 1.29 is 9.63 Å². The summed E-state index contributed by atoms with van der Waals surface area (Å²) in [5.41, 5.74) is 9.08. The van der Waals surface area contributed by atoms with Gasteiger partial charge in [-0.3, -0.25) is 10.3 Å².